The molecule has 0 atom stereocenters. The Morgan fingerprint density at radius 3 is 2.10 bits per heavy atom. The number of nitrogens with one attached hydrogen (secondary N) is 2. The summed E-state index contributed by atoms with van der Waals surface area (Å²) in [7, 11) is 3.12. The molecule has 0 bridgehead atoms. The van der Waals surface area contributed by atoms with Gasteiger partial charge in [0.05, 0.1) is 25.6 Å². The molecule has 0 radical (unpaired) electrons. The molecule has 2 N–H and O–H groups in total. The third-order valence-electron chi connectivity index (χ3n) is 7.37. The summed E-state index contributed by atoms with van der Waals surface area (Å²) in [6, 6.07) is 10.8. The van der Waals surface area contributed by atoms with Gasteiger partial charge in [-0.25, -0.2) is 0 Å². The maximum atomic E-state index is 13.4. The van der Waals surface area contributed by atoms with E-state index in [9.17, 15) is 14.4 Å². The highest BCUT2D eigenvalue weighted by Crippen LogP contribution is 2.31. The number of nitrogens with zero attached hydrogens (tertiary/aromatic N) is 3. The highest BCUT2D eigenvalue weighted by molar-refractivity contribution is 6.00. The van der Waals surface area contributed by atoms with Crippen LogP contribution in [0.5, 0.6) is 11.5 Å². The fourth-order valence-corrected chi connectivity index (χ4v) is 5.28. The molecule has 2 aromatic carbocycles. The Bertz CT molecular complexity index is 1250. The molecule has 222 valence electrons. The number of carbonyl (C=O) groups excluding carboxylic acids is 3. The number of hydrogen-bond acceptors (Lipinski definition) is 7. The van der Waals surface area contributed by atoms with Crippen LogP contribution in [0.4, 0.5) is 11.4 Å². The fraction of sp³-hybridized carbons (Fsp3) is 0.516. The van der Waals surface area contributed by atoms with Crippen LogP contribution in [-0.2, 0) is 4.79 Å². The molecule has 2 saturated heterocycles. The summed E-state index contributed by atoms with van der Waals surface area (Å²) in [5, 5.41) is 6.37. The highest BCUT2D eigenvalue weighted by atomic mass is 16.5. The normalized spacial score (nSPS) is 16.2. The smallest absolute Gasteiger partial charge is 0.254 e. The second-order valence-electron chi connectivity index (χ2n) is 11.8. The van der Waals surface area contributed by atoms with Crippen LogP contribution < -0.4 is 25.0 Å². The van der Waals surface area contributed by atoms with Crippen molar-refractivity contribution in [3.05, 3.63) is 47.5 Å². The number of ether oxygens (including phenoxy) is 2. The number of methoxy groups -OCH3 is 2. The van der Waals surface area contributed by atoms with Crippen LogP contribution in [0.1, 0.15) is 54.3 Å². The first-order valence-electron chi connectivity index (χ1n) is 14.3. The molecular formula is C31H43N5O5. The van der Waals surface area contributed by atoms with Gasteiger partial charge >= 0.3 is 0 Å². The van der Waals surface area contributed by atoms with E-state index in [-0.39, 0.29) is 23.1 Å². The van der Waals surface area contributed by atoms with Gasteiger partial charge < -0.3 is 34.8 Å². The molecular weight excluding hydrogens is 522 g/mol. The zero-order chi connectivity index (χ0) is 29.6. The number of piperazine rings is 1. The summed E-state index contributed by atoms with van der Waals surface area (Å²) < 4.78 is 10.7. The molecule has 0 aliphatic carbocycles. The van der Waals surface area contributed by atoms with E-state index in [4.69, 9.17) is 9.47 Å². The third kappa shape index (κ3) is 7.70. The summed E-state index contributed by atoms with van der Waals surface area (Å²) in [6.07, 6.45) is 1.12. The largest absolute Gasteiger partial charge is 0.493 e. The molecule has 10 heteroatoms. The second kappa shape index (κ2) is 13.2. The maximum Gasteiger partial charge on any atom is 0.254 e. The highest BCUT2D eigenvalue weighted by Gasteiger charge is 2.26. The molecule has 2 aliphatic rings. The van der Waals surface area contributed by atoms with Crippen LogP contribution in [-0.4, -0.2) is 94.1 Å². The maximum absolute atomic E-state index is 13.4. The van der Waals surface area contributed by atoms with E-state index < -0.39 is 0 Å². The van der Waals surface area contributed by atoms with Crippen molar-refractivity contribution >= 4 is 29.1 Å². The lowest BCUT2D eigenvalue weighted by Gasteiger charge is -2.29. The number of hydrogen-bond donors (Lipinski definition) is 2. The molecule has 2 heterocycles. The lowest BCUT2D eigenvalue weighted by Crippen LogP contribution is -2.46. The van der Waals surface area contributed by atoms with Gasteiger partial charge in [-0.15, -0.1) is 0 Å². The number of amides is 3. The summed E-state index contributed by atoms with van der Waals surface area (Å²) in [5.74, 6) is 0.896. The van der Waals surface area contributed by atoms with Gasteiger partial charge in [0.15, 0.2) is 11.5 Å². The van der Waals surface area contributed by atoms with E-state index in [1.807, 2.05) is 42.7 Å². The molecule has 0 aromatic heterocycles. The molecule has 41 heavy (non-hydrogen) atoms. The van der Waals surface area contributed by atoms with Crippen LogP contribution >= 0.6 is 0 Å². The fourth-order valence-electron chi connectivity index (χ4n) is 5.28. The van der Waals surface area contributed by atoms with Gasteiger partial charge in [-0.05, 0) is 48.2 Å². The molecule has 0 saturated carbocycles. The summed E-state index contributed by atoms with van der Waals surface area (Å²) in [5.41, 5.74) is 2.40. The standard InChI is InChI=1S/C31H43N5O5/c1-31(2,3)21-28(37)33-24-19-22(29(38)36-15-11-32-12-16-36)7-9-25(24)34-13-6-14-35(18-17-34)30(39)23-8-10-26(40-4)27(20-23)41-5/h7-10,19-20,32H,6,11-18,21H2,1-5H3,(H,33,37). The molecule has 10 nitrogen and oxygen atoms in total. The summed E-state index contributed by atoms with van der Waals surface area (Å²) >= 11 is 0. The average Bonchev–Trinajstić information content (AvgIpc) is 3.21. The topological polar surface area (TPSA) is 103 Å². The van der Waals surface area contributed by atoms with Crippen LogP contribution in [0.2, 0.25) is 0 Å². The monoisotopic (exact) mass is 565 g/mol. The van der Waals surface area contributed by atoms with Crippen LogP contribution in [0.25, 0.3) is 0 Å². The zero-order valence-electron chi connectivity index (χ0n) is 24.9. The molecule has 2 fully saturated rings. The van der Waals surface area contributed by atoms with Crippen molar-refractivity contribution in [1.82, 2.24) is 15.1 Å². The van der Waals surface area contributed by atoms with E-state index in [0.717, 1.165) is 25.2 Å². The van der Waals surface area contributed by atoms with Crippen molar-refractivity contribution in [1.29, 1.82) is 0 Å². The molecule has 0 unspecified atom stereocenters. The van der Waals surface area contributed by atoms with E-state index in [1.165, 1.54) is 0 Å². The average molecular weight is 566 g/mol. The Hall–Kier alpha value is -3.79. The minimum absolute atomic E-state index is 0.0353. The van der Waals surface area contributed by atoms with E-state index >= 15 is 0 Å². The molecule has 0 spiro atoms. The van der Waals surface area contributed by atoms with Gasteiger partial charge in [-0.1, -0.05) is 20.8 Å². The molecule has 2 aliphatic heterocycles. The number of carbonyl (C=O) groups is 3. The molecule has 2 aromatic rings. The quantitative estimate of drug-likeness (QED) is 0.530. The molecule has 3 amide bonds. The number of anilines is 2. The zero-order valence-corrected chi connectivity index (χ0v) is 24.9. The van der Waals surface area contributed by atoms with Crippen molar-refractivity contribution in [3.8, 4) is 11.5 Å². The summed E-state index contributed by atoms with van der Waals surface area (Å²) in [4.78, 5) is 45.5. The lowest BCUT2D eigenvalue weighted by atomic mass is 9.92. The van der Waals surface area contributed by atoms with Gasteiger partial charge in [0.1, 0.15) is 0 Å². The Morgan fingerprint density at radius 2 is 1.44 bits per heavy atom. The Balaban J connectivity index is 1.54. The van der Waals surface area contributed by atoms with Crippen LogP contribution in [0.15, 0.2) is 36.4 Å². The minimum atomic E-state index is -0.175. The van der Waals surface area contributed by atoms with E-state index in [2.05, 4.69) is 15.5 Å². The third-order valence-corrected chi connectivity index (χ3v) is 7.37. The first kappa shape index (κ1) is 30.2. The summed E-state index contributed by atoms with van der Waals surface area (Å²) in [6.45, 7) is 11.3. The number of rotatable bonds is 7. The minimum Gasteiger partial charge on any atom is -0.493 e. The van der Waals surface area contributed by atoms with E-state index in [1.54, 1.807) is 38.5 Å². The van der Waals surface area contributed by atoms with E-state index in [0.29, 0.717) is 74.0 Å². The Labute approximate surface area is 243 Å². The first-order valence-corrected chi connectivity index (χ1v) is 14.3. The second-order valence-corrected chi connectivity index (χ2v) is 11.8. The van der Waals surface area contributed by atoms with Crippen LogP contribution in [0, 0.1) is 5.41 Å². The Morgan fingerprint density at radius 1 is 0.805 bits per heavy atom. The van der Waals surface area contributed by atoms with Crippen molar-refractivity contribution in [2.45, 2.75) is 33.6 Å². The Kier molecular flexibility index (Phi) is 9.75. The predicted molar refractivity (Wildman–Crippen MR) is 160 cm³/mol. The van der Waals surface area contributed by atoms with Gasteiger partial charge in [-0.3, -0.25) is 14.4 Å². The van der Waals surface area contributed by atoms with Crippen molar-refractivity contribution in [3.63, 3.8) is 0 Å². The van der Waals surface area contributed by atoms with Crippen molar-refractivity contribution in [2.24, 2.45) is 5.41 Å². The van der Waals surface area contributed by atoms with Crippen molar-refractivity contribution < 1.29 is 23.9 Å². The van der Waals surface area contributed by atoms with Gasteiger partial charge in [0, 0.05) is 69.9 Å². The number of benzene rings is 2. The van der Waals surface area contributed by atoms with Gasteiger partial charge in [0.25, 0.3) is 11.8 Å². The van der Waals surface area contributed by atoms with Gasteiger partial charge in [0.2, 0.25) is 5.91 Å². The lowest BCUT2D eigenvalue weighted by molar-refractivity contribution is -0.117. The van der Waals surface area contributed by atoms with Crippen LogP contribution in [0.3, 0.4) is 0 Å². The predicted octanol–water partition coefficient (Wildman–Crippen LogP) is 3.48. The molecule has 4 rings (SSSR count). The first-order chi connectivity index (χ1) is 19.6. The SMILES string of the molecule is COc1ccc(C(=O)N2CCCN(c3ccc(C(=O)N4CCNCC4)cc3NC(=O)CC(C)(C)C)CC2)cc1OC. The van der Waals surface area contributed by atoms with Crippen molar-refractivity contribution in [2.75, 3.05) is 76.8 Å². The van der Waals surface area contributed by atoms with Gasteiger partial charge in [-0.2, -0.15) is 0 Å².